The molecule has 2 amide bonds. The van der Waals surface area contributed by atoms with Crippen LogP contribution in [0.4, 0.5) is 5.69 Å². The van der Waals surface area contributed by atoms with Crippen molar-refractivity contribution in [2.45, 2.75) is 19.8 Å². The van der Waals surface area contributed by atoms with E-state index in [9.17, 15) is 9.59 Å². The summed E-state index contributed by atoms with van der Waals surface area (Å²) >= 11 is 1.50. The molecule has 122 valence electrons. The zero-order valence-corrected chi connectivity index (χ0v) is 14.3. The molecule has 4 rings (SSSR count). The topological polar surface area (TPSA) is 40.6 Å². The number of carbonyl (C=O) groups excluding carboxylic acids is 2. The molecule has 2 aliphatic heterocycles. The molecule has 1 aromatic heterocycles. The van der Waals surface area contributed by atoms with Crippen molar-refractivity contribution in [2.75, 3.05) is 18.0 Å². The molecule has 0 N–H and O–H groups in total. The summed E-state index contributed by atoms with van der Waals surface area (Å²) in [4.78, 5) is 30.5. The first-order chi connectivity index (χ1) is 11.7. The van der Waals surface area contributed by atoms with Crippen LogP contribution in [0.1, 0.15) is 23.3 Å². The summed E-state index contributed by atoms with van der Waals surface area (Å²) in [6, 6.07) is 11.4. The van der Waals surface area contributed by atoms with Crippen LogP contribution in [0.3, 0.4) is 0 Å². The highest BCUT2D eigenvalue weighted by Gasteiger charge is 2.43. The first kappa shape index (κ1) is 15.1. The summed E-state index contributed by atoms with van der Waals surface area (Å²) < 4.78 is 0. The Morgan fingerprint density at radius 2 is 1.79 bits per heavy atom. The Labute approximate surface area is 145 Å². The molecule has 1 fully saturated rings. The third-order valence-corrected chi connectivity index (χ3v) is 5.40. The number of hydrogen-bond donors (Lipinski definition) is 0. The number of imide groups is 1. The minimum absolute atomic E-state index is 0.198. The van der Waals surface area contributed by atoms with E-state index in [2.05, 4.69) is 4.90 Å². The van der Waals surface area contributed by atoms with Gasteiger partial charge < -0.3 is 4.90 Å². The number of likely N-dealkylation sites (tertiary alicyclic amines) is 1. The van der Waals surface area contributed by atoms with Crippen molar-refractivity contribution in [3.63, 3.8) is 0 Å². The Balaban J connectivity index is 1.83. The molecular formula is C19H18N2O2S. The average Bonchev–Trinajstić information content (AvgIpc) is 3.28. The van der Waals surface area contributed by atoms with Crippen LogP contribution in [0.15, 0.2) is 47.5 Å². The molecule has 2 aromatic rings. The van der Waals surface area contributed by atoms with Crippen molar-refractivity contribution in [1.29, 1.82) is 0 Å². The summed E-state index contributed by atoms with van der Waals surface area (Å²) in [6.07, 6.45) is 2.13. The molecule has 4 nitrogen and oxygen atoms in total. The zero-order valence-electron chi connectivity index (χ0n) is 13.5. The zero-order chi connectivity index (χ0) is 16.7. The van der Waals surface area contributed by atoms with E-state index < -0.39 is 0 Å². The molecule has 0 unspecified atom stereocenters. The molecule has 1 saturated heterocycles. The molecule has 3 heterocycles. The van der Waals surface area contributed by atoms with Crippen molar-refractivity contribution in [2.24, 2.45) is 0 Å². The third kappa shape index (κ3) is 2.36. The molecule has 5 heteroatoms. The highest BCUT2D eigenvalue weighted by molar-refractivity contribution is 7.11. The van der Waals surface area contributed by atoms with Crippen LogP contribution in [-0.4, -0.2) is 29.8 Å². The van der Waals surface area contributed by atoms with Gasteiger partial charge in [0.25, 0.3) is 11.8 Å². The number of amides is 2. The predicted octanol–water partition coefficient (Wildman–Crippen LogP) is 3.44. The molecule has 2 aliphatic rings. The van der Waals surface area contributed by atoms with E-state index in [0.29, 0.717) is 17.0 Å². The number of hydrogen-bond acceptors (Lipinski definition) is 4. The van der Waals surface area contributed by atoms with Crippen molar-refractivity contribution in [3.05, 3.63) is 57.9 Å². The summed E-state index contributed by atoms with van der Waals surface area (Å²) in [7, 11) is 0. The number of rotatable bonds is 3. The van der Waals surface area contributed by atoms with Crippen LogP contribution >= 0.6 is 11.3 Å². The standard InChI is InChI=1S/C19H18N2O2S/c1-13-6-4-7-14(12-13)21-18(22)16(15-8-5-11-24-15)17(19(21)23)20-9-2-3-10-20/h4-8,11-12H,2-3,9-10H2,1H3. The van der Waals surface area contributed by atoms with Crippen molar-refractivity contribution in [1.82, 2.24) is 4.90 Å². The second-order valence-corrected chi connectivity index (χ2v) is 7.13. The maximum Gasteiger partial charge on any atom is 0.282 e. The molecule has 24 heavy (non-hydrogen) atoms. The van der Waals surface area contributed by atoms with E-state index >= 15 is 0 Å². The Bertz CT molecular complexity index is 833. The monoisotopic (exact) mass is 338 g/mol. The lowest BCUT2D eigenvalue weighted by atomic mass is 10.1. The predicted molar refractivity (Wildman–Crippen MR) is 95.7 cm³/mol. The van der Waals surface area contributed by atoms with E-state index in [1.807, 2.05) is 48.7 Å². The van der Waals surface area contributed by atoms with Gasteiger partial charge in [0.1, 0.15) is 5.70 Å². The van der Waals surface area contributed by atoms with Crippen molar-refractivity contribution >= 4 is 34.4 Å². The third-order valence-electron chi connectivity index (χ3n) is 4.51. The largest absolute Gasteiger partial charge is 0.366 e. The van der Waals surface area contributed by atoms with Gasteiger partial charge in [-0.25, -0.2) is 4.90 Å². The Hall–Kier alpha value is -2.40. The van der Waals surface area contributed by atoms with E-state index in [1.54, 1.807) is 0 Å². The lowest BCUT2D eigenvalue weighted by Crippen LogP contribution is -2.34. The molecule has 0 radical (unpaired) electrons. The molecule has 0 bridgehead atoms. The summed E-state index contributed by atoms with van der Waals surface area (Å²) in [5.74, 6) is -0.411. The first-order valence-electron chi connectivity index (χ1n) is 8.15. The van der Waals surface area contributed by atoms with E-state index in [0.717, 1.165) is 36.4 Å². The van der Waals surface area contributed by atoms with Gasteiger partial charge in [-0.1, -0.05) is 18.2 Å². The van der Waals surface area contributed by atoms with Gasteiger partial charge in [-0.15, -0.1) is 11.3 Å². The van der Waals surface area contributed by atoms with Crippen molar-refractivity contribution < 1.29 is 9.59 Å². The highest BCUT2D eigenvalue weighted by atomic mass is 32.1. The van der Waals surface area contributed by atoms with Crippen LogP contribution in [0, 0.1) is 6.92 Å². The fourth-order valence-electron chi connectivity index (χ4n) is 3.40. The van der Waals surface area contributed by atoms with Crippen LogP contribution in [0.2, 0.25) is 0 Å². The van der Waals surface area contributed by atoms with Crippen LogP contribution in [0.5, 0.6) is 0 Å². The van der Waals surface area contributed by atoms with Crippen LogP contribution in [-0.2, 0) is 9.59 Å². The molecule has 0 aliphatic carbocycles. The van der Waals surface area contributed by atoms with Gasteiger partial charge in [0, 0.05) is 18.0 Å². The summed E-state index contributed by atoms with van der Waals surface area (Å²) in [5.41, 5.74) is 2.80. The number of benzene rings is 1. The number of anilines is 1. The van der Waals surface area contributed by atoms with E-state index in [-0.39, 0.29) is 11.8 Å². The quantitative estimate of drug-likeness (QED) is 0.805. The summed E-state index contributed by atoms with van der Waals surface area (Å²) in [6.45, 7) is 3.64. The number of thiophene rings is 1. The van der Waals surface area contributed by atoms with Gasteiger partial charge in [-0.3, -0.25) is 9.59 Å². The molecule has 1 aromatic carbocycles. The SMILES string of the molecule is Cc1cccc(N2C(=O)C(c3cccs3)=C(N3CCCC3)C2=O)c1. The van der Waals surface area contributed by atoms with Crippen molar-refractivity contribution in [3.8, 4) is 0 Å². The van der Waals surface area contributed by atoms with Gasteiger partial charge in [0.15, 0.2) is 0 Å². The minimum atomic E-state index is -0.213. The Kier molecular flexibility index (Phi) is 3.73. The van der Waals surface area contributed by atoms with Gasteiger partial charge in [-0.05, 0) is 48.9 Å². The average molecular weight is 338 g/mol. The molecule has 0 saturated carbocycles. The smallest absolute Gasteiger partial charge is 0.282 e. The second kappa shape index (κ2) is 5.91. The Morgan fingerprint density at radius 1 is 1.00 bits per heavy atom. The number of aryl methyl sites for hydroxylation is 1. The number of carbonyl (C=O) groups is 2. The van der Waals surface area contributed by atoms with E-state index in [4.69, 9.17) is 0 Å². The fourth-order valence-corrected chi connectivity index (χ4v) is 4.16. The lowest BCUT2D eigenvalue weighted by molar-refractivity contribution is -0.120. The minimum Gasteiger partial charge on any atom is -0.366 e. The fraction of sp³-hybridized carbons (Fsp3) is 0.263. The highest BCUT2D eigenvalue weighted by Crippen LogP contribution is 2.37. The number of nitrogens with zero attached hydrogens (tertiary/aromatic N) is 2. The van der Waals surface area contributed by atoms with Gasteiger partial charge in [0.2, 0.25) is 0 Å². The van der Waals surface area contributed by atoms with Crippen LogP contribution < -0.4 is 4.90 Å². The lowest BCUT2D eigenvalue weighted by Gasteiger charge is -2.20. The normalized spacial score (nSPS) is 18.2. The second-order valence-electron chi connectivity index (χ2n) is 6.18. The van der Waals surface area contributed by atoms with Gasteiger partial charge in [0.05, 0.1) is 11.3 Å². The summed E-state index contributed by atoms with van der Waals surface area (Å²) in [5, 5.41) is 1.94. The molecule has 0 spiro atoms. The maximum atomic E-state index is 13.1. The van der Waals surface area contributed by atoms with E-state index in [1.165, 1.54) is 16.2 Å². The Morgan fingerprint density at radius 3 is 2.46 bits per heavy atom. The molecular weight excluding hydrogens is 320 g/mol. The van der Waals surface area contributed by atoms with Crippen LogP contribution in [0.25, 0.3) is 5.57 Å². The van der Waals surface area contributed by atoms with Gasteiger partial charge >= 0.3 is 0 Å². The maximum absolute atomic E-state index is 13.1. The first-order valence-corrected chi connectivity index (χ1v) is 9.03. The molecule has 0 atom stereocenters. The van der Waals surface area contributed by atoms with Gasteiger partial charge in [-0.2, -0.15) is 0 Å².